The van der Waals surface area contributed by atoms with Gasteiger partial charge in [-0.2, -0.15) is 0 Å². The second kappa shape index (κ2) is 18.9. The smallest absolute Gasteiger partial charge is 0.323 e. The Morgan fingerprint density at radius 2 is 1.93 bits per heavy atom. The van der Waals surface area contributed by atoms with Crippen LogP contribution in [-0.4, -0.2) is 144 Å². The lowest BCUT2D eigenvalue weighted by Crippen LogP contribution is -2.69. The summed E-state index contributed by atoms with van der Waals surface area (Å²) < 4.78 is 14.4. The SMILES string of the molecule is C=CC(=O)N1CC[C@H]2[C@@H]1CN2C(=O)N(C)[C@H](C(=O)N[C@H]1Cc2nc(cs2)-c2ccc3c(c2)c(c(-c2cccnc2[C@H](C)OC)n3CC)CC(C)(C)COC(=O)[C@@]2([SiH3])CCCN(N2)C1=O)C(C)C. The fourth-order valence-electron chi connectivity index (χ4n) is 10.6. The Bertz CT molecular complexity index is 2590. The van der Waals surface area contributed by atoms with Crippen LogP contribution < -0.4 is 10.7 Å². The molecule has 5 amide bonds. The molecule has 4 aliphatic rings. The summed E-state index contributed by atoms with van der Waals surface area (Å²) in [4.78, 5) is 85.0. The molecule has 3 saturated heterocycles. The topological polar surface area (TPSA) is 172 Å². The van der Waals surface area contributed by atoms with Crippen LogP contribution in [0.3, 0.4) is 0 Å². The zero-order chi connectivity index (χ0) is 48.1. The van der Waals surface area contributed by atoms with Crippen molar-refractivity contribution < 1.29 is 33.4 Å². The van der Waals surface area contributed by atoms with Gasteiger partial charge in [0.2, 0.25) is 11.8 Å². The van der Waals surface area contributed by atoms with E-state index in [0.29, 0.717) is 67.1 Å². The van der Waals surface area contributed by atoms with Crippen LogP contribution in [0.4, 0.5) is 4.79 Å². The fraction of sp³-hybridized carbons (Fsp3) is 0.531. The number of rotatable bonds is 9. The highest BCUT2D eigenvalue weighted by Crippen LogP contribution is 2.42. The number of likely N-dealkylation sites (N-methyl/N-ethyl adjacent to an activating group) is 1. The van der Waals surface area contributed by atoms with Crippen LogP contribution in [0.2, 0.25) is 0 Å². The summed E-state index contributed by atoms with van der Waals surface area (Å²) >= 11 is 1.41. The van der Waals surface area contributed by atoms with E-state index in [1.165, 1.54) is 27.3 Å². The summed E-state index contributed by atoms with van der Waals surface area (Å²) in [5, 5.41) is 7.11. The first kappa shape index (κ1) is 48.0. The van der Waals surface area contributed by atoms with Crippen LogP contribution in [0.25, 0.3) is 33.4 Å². The maximum Gasteiger partial charge on any atom is 0.323 e. The molecule has 67 heavy (non-hydrogen) atoms. The zero-order valence-corrected chi connectivity index (χ0v) is 43.1. The van der Waals surface area contributed by atoms with Crippen LogP contribution in [-0.2, 0) is 48.0 Å². The average Bonchev–Trinajstić information content (AvgIpc) is 3.99. The normalized spacial score (nSPS) is 23.8. The number of fused-ring (bicyclic) bond motifs is 7. The third-order valence-corrected chi connectivity index (χ3v) is 16.2. The van der Waals surface area contributed by atoms with Gasteiger partial charge in [-0.05, 0) is 81.4 Å². The molecule has 7 heterocycles. The molecule has 4 aromatic rings. The molecule has 2 N–H and O–H groups in total. The van der Waals surface area contributed by atoms with E-state index in [1.54, 1.807) is 30.2 Å². The summed E-state index contributed by atoms with van der Waals surface area (Å²) in [5.41, 5.74) is 9.43. The fourth-order valence-corrected chi connectivity index (χ4v) is 12.2. The third-order valence-electron chi connectivity index (χ3n) is 14.2. The first-order chi connectivity index (χ1) is 31.9. The van der Waals surface area contributed by atoms with Crippen LogP contribution in [0, 0.1) is 11.3 Å². The van der Waals surface area contributed by atoms with Gasteiger partial charge < -0.3 is 34.1 Å². The second-order valence-corrected chi connectivity index (χ2v) is 22.5. The van der Waals surface area contributed by atoms with Crippen molar-refractivity contribution in [3.8, 4) is 22.5 Å². The number of pyridine rings is 1. The molecule has 0 spiro atoms. The highest BCUT2D eigenvalue weighted by molar-refractivity contribution is 7.10. The average molecular weight is 952 g/mol. The van der Waals surface area contributed by atoms with Gasteiger partial charge in [0.25, 0.3) is 5.91 Å². The third kappa shape index (κ3) is 9.04. The number of esters is 1. The maximum atomic E-state index is 14.8. The minimum Gasteiger partial charge on any atom is -0.464 e. The molecule has 3 fully saturated rings. The number of aromatic nitrogens is 3. The van der Waals surface area contributed by atoms with Gasteiger partial charge in [-0.3, -0.25) is 29.2 Å². The van der Waals surface area contributed by atoms with Gasteiger partial charge >= 0.3 is 12.0 Å². The van der Waals surface area contributed by atoms with Gasteiger partial charge in [-0.25, -0.2) is 15.2 Å². The molecule has 0 unspecified atom stereocenters. The van der Waals surface area contributed by atoms with E-state index < -0.39 is 40.4 Å². The minimum absolute atomic E-state index is 0.0804. The largest absolute Gasteiger partial charge is 0.464 e. The van der Waals surface area contributed by atoms with Gasteiger partial charge in [0.15, 0.2) is 0 Å². The standard InChI is InChI=1S/C49H65N9O7SSi/c1-10-40(59)56-21-17-37-38(56)25-57(37)47(63)54(8)42(28(3)4)44(60)52-34-23-39-51-35(26-66-39)30-15-16-36-32(22-30)33(43(55(36)11-2)31-14-12-19-50-41(31)29(5)64-9)24-48(6,7)27-65-46(62)49(67)18-13-20-58(53-49)45(34)61/h10,12,14-16,19,22,26,28-29,34,37-38,42,53H,1,11,13,17-18,20-21,23-25,27H2,2-9,67H3,(H,52,60)/t29-,34-,37-,38-,42-,49-/m0/s1. The molecule has 8 rings (SSSR count). The second-order valence-electron chi connectivity index (χ2n) is 19.9. The number of ether oxygens (including phenoxy) is 2. The van der Waals surface area contributed by atoms with Crippen LogP contribution in [0.1, 0.15) is 83.2 Å². The van der Waals surface area contributed by atoms with Gasteiger partial charge in [0.1, 0.15) is 17.2 Å². The molecule has 4 aliphatic heterocycles. The number of methoxy groups -OCH3 is 1. The quantitative estimate of drug-likeness (QED) is 0.139. The lowest BCUT2D eigenvalue weighted by molar-refractivity contribution is -0.158. The van der Waals surface area contributed by atoms with Gasteiger partial charge in [0, 0.05) is 96.0 Å². The molecule has 6 bridgehead atoms. The molecule has 18 heteroatoms. The van der Waals surface area contributed by atoms with Crippen molar-refractivity contribution >= 4 is 62.2 Å². The molecule has 3 aromatic heterocycles. The molecule has 358 valence electrons. The Balaban J connectivity index is 1.16. The van der Waals surface area contributed by atoms with Crippen LogP contribution >= 0.6 is 11.3 Å². The van der Waals surface area contributed by atoms with E-state index in [4.69, 9.17) is 19.4 Å². The summed E-state index contributed by atoms with van der Waals surface area (Å²) in [6.07, 6.45) is 5.19. The zero-order valence-electron chi connectivity index (χ0n) is 40.3. The summed E-state index contributed by atoms with van der Waals surface area (Å²) in [5.74, 6) is -1.76. The predicted octanol–water partition coefficient (Wildman–Crippen LogP) is 4.44. The Kier molecular flexibility index (Phi) is 13.6. The van der Waals surface area contributed by atoms with E-state index >= 15 is 0 Å². The number of hydrazine groups is 1. The van der Waals surface area contributed by atoms with E-state index in [1.807, 2.05) is 32.2 Å². The Hall–Kier alpha value is -5.43. The monoisotopic (exact) mass is 951 g/mol. The summed E-state index contributed by atoms with van der Waals surface area (Å²) in [7, 11) is 3.65. The van der Waals surface area contributed by atoms with Crippen molar-refractivity contribution in [2.45, 2.75) is 116 Å². The Morgan fingerprint density at radius 1 is 1.15 bits per heavy atom. The number of nitrogens with one attached hydrogen (secondary N) is 2. The van der Waals surface area contributed by atoms with Crippen molar-refractivity contribution in [2.24, 2.45) is 11.3 Å². The van der Waals surface area contributed by atoms with Crippen molar-refractivity contribution in [2.75, 3.05) is 40.4 Å². The van der Waals surface area contributed by atoms with Crippen molar-refractivity contribution in [1.82, 2.24) is 45.0 Å². The Morgan fingerprint density at radius 3 is 2.64 bits per heavy atom. The number of thiazole rings is 1. The molecule has 1 aromatic carbocycles. The predicted molar refractivity (Wildman–Crippen MR) is 261 cm³/mol. The van der Waals surface area contributed by atoms with E-state index in [-0.39, 0.29) is 49.1 Å². The number of carbonyl (C=O) groups excluding carboxylic acids is 5. The Labute approximate surface area is 399 Å². The number of urea groups is 1. The first-order valence-electron chi connectivity index (χ1n) is 23.5. The highest BCUT2D eigenvalue weighted by Gasteiger charge is 2.52. The molecular weight excluding hydrogens is 887 g/mol. The number of cyclic esters (lactones) is 1. The molecule has 0 saturated carbocycles. The molecular formula is C49H65N9O7SSi. The molecule has 16 nitrogen and oxygen atoms in total. The number of nitrogens with zero attached hydrogens (tertiary/aromatic N) is 7. The summed E-state index contributed by atoms with van der Waals surface area (Å²) in [6.45, 7) is 17.8. The van der Waals surface area contributed by atoms with E-state index in [2.05, 4.69) is 66.9 Å². The first-order valence-corrected chi connectivity index (χ1v) is 25.4. The summed E-state index contributed by atoms with van der Waals surface area (Å²) in [6, 6.07) is 7.90. The number of amides is 5. The van der Waals surface area contributed by atoms with Crippen molar-refractivity contribution in [1.29, 1.82) is 0 Å². The lowest BCUT2D eigenvalue weighted by Gasteiger charge is -2.48. The van der Waals surface area contributed by atoms with Crippen LogP contribution in [0.5, 0.6) is 0 Å². The van der Waals surface area contributed by atoms with Crippen LogP contribution in [0.15, 0.2) is 54.6 Å². The molecule has 0 aliphatic carbocycles. The van der Waals surface area contributed by atoms with E-state index in [0.717, 1.165) is 44.7 Å². The van der Waals surface area contributed by atoms with Crippen molar-refractivity contribution in [3.05, 3.63) is 70.8 Å². The number of likely N-dealkylation sites (tertiary alicyclic amines) is 2. The molecule has 6 atom stereocenters. The van der Waals surface area contributed by atoms with E-state index in [9.17, 15) is 24.0 Å². The minimum atomic E-state index is -1.09. The highest BCUT2D eigenvalue weighted by atomic mass is 32.1. The number of carbonyl (C=O) groups is 5. The lowest BCUT2D eigenvalue weighted by atomic mass is 9.84. The number of hydrogen-bond acceptors (Lipinski definition) is 11. The van der Waals surface area contributed by atoms with Crippen molar-refractivity contribution in [3.63, 3.8) is 0 Å². The van der Waals surface area contributed by atoms with Gasteiger partial charge in [0.05, 0.1) is 46.9 Å². The van der Waals surface area contributed by atoms with Gasteiger partial charge in [-0.15, -0.1) is 11.3 Å². The number of benzene rings is 1. The molecule has 0 radical (unpaired) electrons. The number of hydrogen-bond donors (Lipinski definition) is 2. The number of aryl methyl sites for hydroxylation is 1. The maximum absolute atomic E-state index is 14.8. The van der Waals surface area contributed by atoms with Gasteiger partial charge in [-0.1, -0.05) is 40.3 Å².